The molecule has 1 aliphatic carbocycles. The molecule has 1 fully saturated rings. The summed E-state index contributed by atoms with van der Waals surface area (Å²) in [5, 5.41) is 9.15. The van der Waals surface area contributed by atoms with E-state index in [2.05, 4.69) is 20.9 Å². The van der Waals surface area contributed by atoms with Gasteiger partial charge < -0.3 is 16.0 Å². The maximum absolute atomic E-state index is 12.3. The molecular weight excluding hydrogens is 336 g/mol. The Balaban J connectivity index is 1.65. The number of rotatable bonds is 5. The number of hydrogen-bond acceptors (Lipinski definition) is 4. The molecule has 0 unspecified atom stereocenters. The highest BCUT2D eigenvalue weighted by Gasteiger charge is 2.22. The minimum Gasteiger partial charge on any atom is -0.338 e. The Hall–Kier alpha value is -2.15. The van der Waals surface area contributed by atoms with Crippen molar-refractivity contribution < 1.29 is 9.59 Å². The Bertz CT molecular complexity index is 753. The Morgan fingerprint density at radius 1 is 1.20 bits per heavy atom. The lowest BCUT2D eigenvalue weighted by Crippen LogP contribution is -2.29. The average molecular weight is 360 g/mol. The number of nitrogens with one attached hydrogen (secondary N) is 3. The van der Waals surface area contributed by atoms with Gasteiger partial charge in [-0.15, -0.1) is 0 Å². The van der Waals surface area contributed by atoms with Gasteiger partial charge in [-0.1, -0.05) is 37.5 Å². The average Bonchev–Trinajstić information content (AvgIpc) is 3.02. The van der Waals surface area contributed by atoms with Crippen molar-refractivity contribution in [3.63, 3.8) is 0 Å². The molecule has 0 atom stereocenters. The Morgan fingerprint density at radius 2 is 2.00 bits per heavy atom. The molecular formula is C18H24N4O2S. The van der Waals surface area contributed by atoms with Gasteiger partial charge in [0.05, 0.1) is 10.2 Å². The van der Waals surface area contributed by atoms with Crippen molar-refractivity contribution in [2.45, 2.75) is 45.4 Å². The minimum atomic E-state index is -0.220. The summed E-state index contributed by atoms with van der Waals surface area (Å²) in [5.74, 6) is 0.191. The number of benzene rings is 1. The number of thiazole rings is 1. The molecule has 0 spiro atoms. The second-order valence-corrected chi connectivity index (χ2v) is 7.44. The number of aromatic nitrogens is 1. The van der Waals surface area contributed by atoms with Crippen molar-refractivity contribution in [1.82, 2.24) is 10.3 Å². The number of hydrogen-bond donors (Lipinski definition) is 3. The molecule has 7 heteroatoms. The van der Waals surface area contributed by atoms with Gasteiger partial charge in [0, 0.05) is 18.2 Å². The topological polar surface area (TPSA) is 83.1 Å². The molecule has 1 saturated carbocycles. The van der Waals surface area contributed by atoms with Crippen LogP contribution in [0.4, 0.5) is 15.6 Å². The van der Waals surface area contributed by atoms with Gasteiger partial charge in [0.1, 0.15) is 0 Å². The first-order valence-corrected chi connectivity index (χ1v) is 9.73. The van der Waals surface area contributed by atoms with Crippen LogP contribution in [0.1, 0.15) is 45.4 Å². The van der Waals surface area contributed by atoms with E-state index in [0.717, 1.165) is 42.3 Å². The van der Waals surface area contributed by atoms with Gasteiger partial charge in [-0.25, -0.2) is 9.78 Å². The predicted molar refractivity (Wildman–Crippen MR) is 102 cm³/mol. The lowest BCUT2D eigenvalue weighted by Gasteiger charge is -2.19. The second-order valence-electron chi connectivity index (χ2n) is 6.41. The molecule has 6 nitrogen and oxygen atoms in total. The van der Waals surface area contributed by atoms with E-state index in [1.54, 1.807) is 0 Å². The first-order chi connectivity index (χ1) is 12.2. The quantitative estimate of drug-likeness (QED) is 0.741. The molecule has 0 saturated heterocycles. The second kappa shape index (κ2) is 8.29. The van der Waals surface area contributed by atoms with Crippen molar-refractivity contribution in [3.8, 4) is 0 Å². The summed E-state index contributed by atoms with van der Waals surface area (Å²) in [5.41, 5.74) is 1.47. The van der Waals surface area contributed by atoms with E-state index in [-0.39, 0.29) is 17.9 Å². The summed E-state index contributed by atoms with van der Waals surface area (Å²) in [6.45, 7) is 2.65. The van der Waals surface area contributed by atoms with Crippen molar-refractivity contribution in [1.29, 1.82) is 0 Å². The molecule has 3 amide bonds. The summed E-state index contributed by atoms with van der Waals surface area (Å²) < 4.78 is 0.985. The van der Waals surface area contributed by atoms with Crippen molar-refractivity contribution in [2.75, 3.05) is 17.2 Å². The molecule has 25 heavy (non-hydrogen) atoms. The number of urea groups is 1. The molecule has 1 aromatic carbocycles. The molecule has 0 radical (unpaired) electrons. The van der Waals surface area contributed by atoms with E-state index in [4.69, 9.17) is 0 Å². The first kappa shape index (κ1) is 17.7. The van der Waals surface area contributed by atoms with Gasteiger partial charge in [-0.3, -0.25) is 4.79 Å². The summed E-state index contributed by atoms with van der Waals surface area (Å²) in [6.07, 6.45) is 6.32. The van der Waals surface area contributed by atoms with Gasteiger partial charge in [-0.05, 0) is 37.5 Å². The maximum atomic E-state index is 12.3. The Kier molecular flexibility index (Phi) is 5.86. The van der Waals surface area contributed by atoms with Crippen LogP contribution in [0, 0.1) is 5.92 Å². The van der Waals surface area contributed by atoms with Crippen LogP contribution in [0.3, 0.4) is 0 Å². The van der Waals surface area contributed by atoms with Crippen molar-refractivity contribution in [3.05, 3.63) is 18.2 Å². The van der Waals surface area contributed by atoms with Crippen LogP contribution in [0.25, 0.3) is 10.2 Å². The third kappa shape index (κ3) is 4.69. The van der Waals surface area contributed by atoms with E-state index >= 15 is 0 Å². The van der Waals surface area contributed by atoms with E-state index in [9.17, 15) is 9.59 Å². The zero-order valence-corrected chi connectivity index (χ0v) is 15.2. The fourth-order valence-electron chi connectivity index (χ4n) is 3.04. The van der Waals surface area contributed by atoms with Crippen LogP contribution >= 0.6 is 11.3 Å². The summed E-state index contributed by atoms with van der Waals surface area (Å²) in [7, 11) is 0. The number of nitrogens with zero attached hydrogens (tertiary/aromatic N) is 1. The third-order valence-electron chi connectivity index (χ3n) is 4.39. The van der Waals surface area contributed by atoms with Crippen LogP contribution in [-0.4, -0.2) is 23.5 Å². The third-order valence-corrected chi connectivity index (χ3v) is 5.34. The molecule has 134 valence electrons. The summed E-state index contributed by atoms with van der Waals surface area (Å²) in [6, 6.07) is 5.37. The van der Waals surface area contributed by atoms with Crippen molar-refractivity contribution in [2.24, 2.45) is 5.92 Å². The lowest BCUT2D eigenvalue weighted by atomic mass is 9.89. The van der Waals surface area contributed by atoms with Gasteiger partial charge >= 0.3 is 6.03 Å². The molecule has 1 aliphatic rings. The van der Waals surface area contributed by atoms with Gasteiger partial charge in [0.25, 0.3) is 0 Å². The van der Waals surface area contributed by atoms with E-state index < -0.39 is 0 Å². The van der Waals surface area contributed by atoms with Gasteiger partial charge in [0.15, 0.2) is 5.13 Å². The van der Waals surface area contributed by atoms with Crippen LogP contribution in [0.2, 0.25) is 0 Å². The molecule has 0 aliphatic heterocycles. The lowest BCUT2D eigenvalue weighted by molar-refractivity contribution is -0.120. The highest BCUT2D eigenvalue weighted by molar-refractivity contribution is 7.22. The zero-order valence-electron chi connectivity index (χ0n) is 14.4. The van der Waals surface area contributed by atoms with E-state index in [1.807, 2.05) is 25.1 Å². The van der Waals surface area contributed by atoms with E-state index in [1.165, 1.54) is 17.8 Å². The first-order valence-electron chi connectivity index (χ1n) is 8.92. The number of anilines is 2. The molecule has 3 rings (SSSR count). The normalized spacial score (nSPS) is 15.1. The van der Waals surface area contributed by atoms with Gasteiger partial charge in [-0.2, -0.15) is 0 Å². The summed E-state index contributed by atoms with van der Waals surface area (Å²) in [4.78, 5) is 28.6. The number of carbonyl (C=O) groups excluding carboxylic acids is 2. The minimum absolute atomic E-state index is 0.0797. The van der Waals surface area contributed by atoms with Crippen LogP contribution in [-0.2, 0) is 4.79 Å². The van der Waals surface area contributed by atoms with Gasteiger partial charge in [0.2, 0.25) is 5.91 Å². The molecule has 2 aromatic rings. The summed E-state index contributed by atoms with van der Waals surface area (Å²) >= 11 is 1.46. The molecule has 1 aromatic heterocycles. The van der Waals surface area contributed by atoms with Crippen LogP contribution in [0.15, 0.2) is 18.2 Å². The largest absolute Gasteiger partial charge is 0.338 e. The zero-order chi connectivity index (χ0) is 17.6. The molecule has 0 bridgehead atoms. The number of fused-ring (bicyclic) bond motifs is 1. The van der Waals surface area contributed by atoms with Crippen molar-refractivity contribution >= 4 is 44.3 Å². The SMILES string of the molecule is CCCNC(=O)Nc1ccc2sc(NC(=O)C3CCCCC3)nc2c1. The Morgan fingerprint density at radius 3 is 2.76 bits per heavy atom. The van der Waals surface area contributed by atoms with Crippen LogP contribution < -0.4 is 16.0 Å². The molecule has 3 N–H and O–H groups in total. The fourth-order valence-corrected chi connectivity index (χ4v) is 3.89. The predicted octanol–water partition coefficient (Wildman–Crippen LogP) is 4.35. The highest BCUT2D eigenvalue weighted by Crippen LogP contribution is 2.30. The fraction of sp³-hybridized carbons (Fsp3) is 0.500. The Labute approximate surface area is 151 Å². The van der Waals surface area contributed by atoms with E-state index in [0.29, 0.717) is 17.4 Å². The molecule has 1 heterocycles. The monoisotopic (exact) mass is 360 g/mol. The highest BCUT2D eigenvalue weighted by atomic mass is 32.1. The number of carbonyl (C=O) groups is 2. The van der Waals surface area contributed by atoms with Crippen LogP contribution in [0.5, 0.6) is 0 Å². The maximum Gasteiger partial charge on any atom is 0.319 e. The number of amides is 3. The smallest absolute Gasteiger partial charge is 0.319 e. The standard InChI is InChI=1S/C18H24N4O2S/c1-2-10-19-17(24)20-13-8-9-15-14(11-13)21-18(25-15)22-16(23)12-6-4-3-5-7-12/h8-9,11-12H,2-7,10H2,1H3,(H2,19,20,24)(H,21,22,23).